The van der Waals surface area contributed by atoms with Gasteiger partial charge in [0.1, 0.15) is 35.7 Å². The van der Waals surface area contributed by atoms with Gasteiger partial charge in [-0.2, -0.15) is 10.5 Å². The molecule has 6 atom stereocenters. The molecule has 0 amide bonds. The molecular formula is C60H78N8O8. The second kappa shape index (κ2) is 27.7. The van der Waals surface area contributed by atoms with Crippen molar-refractivity contribution in [2.45, 2.75) is 183 Å². The van der Waals surface area contributed by atoms with Crippen LogP contribution < -0.4 is 11.1 Å². The Morgan fingerprint density at radius 1 is 0.579 bits per heavy atom. The quantitative estimate of drug-likeness (QED) is 0.0405. The number of rotatable bonds is 23. The molecular weight excluding hydrogens is 961 g/mol. The molecule has 2 saturated carbocycles. The van der Waals surface area contributed by atoms with Crippen LogP contribution in [0.25, 0.3) is 0 Å². The van der Waals surface area contributed by atoms with Crippen LogP contribution in [0.2, 0.25) is 0 Å². The lowest BCUT2D eigenvalue weighted by Crippen LogP contribution is -2.35. The average Bonchev–Trinajstić information content (AvgIpc) is 3.39. The predicted octanol–water partition coefficient (Wildman–Crippen LogP) is 14.4. The summed E-state index contributed by atoms with van der Waals surface area (Å²) in [6, 6.07) is 17.3. The zero-order valence-electron chi connectivity index (χ0n) is 45.9. The number of nitrogens with zero attached hydrogens (tertiary/aromatic N) is 8. The van der Waals surface area contributed by atoms with Gasteiger partial charge in [-0.1, -0.05) is 130 Å². The summed E-state index contributed by atoms with van der Waals surface area (Å²) in [6.07, 6.45) is 14.1. The van der Waals surface area contributed by atoms with Gasteiger partial charge in [0.05, 0.1) is 22.3 Å². The minimum Gasteiger partial charge on any atom is -0.494 e. The maximum absolute atomic E-state index is 13.8. The molecule has 2 aliphatic rings. The van der Waals surface area contributed by atoms with Gasteiger partial charge in [-0.15, -0.1) is 20.5 Å². The Morgan fingerprint density at radius 2 is 0.921 bits per heavy atom. The van der Waals surface area contributed by atoms with Gasteiger partial charge < -0.3 is 19.7 Å². The Bertz CT molecular complexity index is 2750. The largest absolute Gasteiger partial charge is 0.494 e. The van der Waals surface area contributed by atoms with E-state index in [0.717, 1.165) is 89.9 Å². The molecule has 6 rings (SSSR count). The lowest BCUT2D eigenvalue weighted by Gasteiger charge is -2.36. The van der Waals surface area contributed by atoms with Crippen molar-refractivity contribution in [1.29, 1.82) is 10.5 Å². The third kappa shape index (κ3) is 14.5. The molecule has 16 heteroatoms. The number of unbranched alkanes of at least 4 members (excludes halogenated alkanes) is 9. The first-order chi connectivity index (χ1) is 36.5. The maximum atomic E-state index is 13.8. The van der Waals surface area contributed by atoms with E-state index in [1.165, 1.54) is 9.13 Å². The molecule has 2 aliphatic carbocycles. The third-order valence-electron chi connectivity index (χ3n) is 15.7. The number of aromatic hydroxyl groups is 2. The number of nitriles is 2. The van der Waals surface area contributed by atoms with Crippen LogP contribution >= 0.6 is 0 Å². The Kier molecular flexibility index (Phi) is 21.3. The molecule has 4 aromatic rings. The van der Waals surface area contributed by atoms with Crippen molar-refractivity contribution in [2.24, 2.45) is 56.0 Å². The molecule has 0 bridgehead atoms. The number of esters is 2. The summed E-state index contributed by atoms with van der Waals surface area (Å²) < 4.78 is 14.6. The van der Waals surface area contributed by atoms with Crippen molar-refractivity contribution in [3.63, 3.8) is 0 Å². The van der Waals surface area contributed by atoms with Crippen LogP contribution in [0.1, 0.15) is 187 Å². The number of azo groups is 2. The summed E-state index contributed by atoms with van der Waals surface area (Å²) in [6.45, 7) is 16.5. The van der Waals surface area contributed by atoms with E-state index in [9.17, 15) is 39.9 Å². The second-order valence-corrected chi connectivity index (χ2v) is 22.0. The fourth-order valence-corrected chi connectivity index (χ4v) is 11.1. The third-order valence-corrected chi connectivity index (χ3v) is 15.7. The van der Waals surface area contributed by atoms with Crippen molar-refractivity contribution in [2.75, 3.05) is 0 Å². The Hall–Kier alpha value is -6.94. The fourth-order valence-electron chi connectivity index (χ4n) is 11.1. The van der Waals surface area contributed by atoms with E-state index in [2.05, 4.69) is 62.0 Å². The smallest absolute Gasteiger partial charge is 0.340 e. The molecule has 0 aliphatic heterocycles. The van der Waals surface area contributed by atoms with Gasteiger partial charge in [-0.3, -0.25) is 18.7 Å². The predicted molar refractivity (Wildman–Crippen MR) is 292 cm³/mol. The fraction of sp³-hybridized carbons (Fsp3) is 0.567. The van der Waals surface area contributed by atoms with Crippen molar-refractivity contribution in [3.8, 4) is 23.9 Å². The van der Waals surface area contributed by atoms with Gasteiger partial charge in [-0.25, -0.2) is 9.59 Å². The van der Waals surface area contributed by atoms with Gasteiger partial charge in [0, 0.05) is 24.2 Å². The average molecular weight is 1040 g/mol. The first kappa shape index (κ1) is 58.3. The van der Waals surface area contributed by atoms with Crippen molar-refractivity contribution < 1.29 is 29.3 Å². The van der Waals surface area contributed by atoms with E-state index in [1.54, 1.807) is 62.4 Å². The van der Waals surface area contributed by atoms with E-state index in [1.807, 2.05) is 12.1 Å². The first-order valence-electron chi connectivity index (χ1n) is 27.6. The molecule has 0 saturated heterocycles. The summed E-state index contributed by atoms with van der Waals surface area (Å²) in [5.74, 6) is 0.549. The molecule has 16 nitrogen and oxygen atoms in total. The number of pyridine rings is 2. The second-order valence-electron chi connectivity index (χ2n) is 22.0. The van der Waals surface area contributed by atoms with Crippen molar-refractivity contribution in [3.05, 3.63) is 103 Å². The Labute approximate surface area is 447 Å². The van der Waals surface area contributed by atoms with E-state index in [4.69, 9.17) is 9.47 Å². The SMILES string of the molecule is Cc1c(C#N)c(N=Nc2ccccc2C(=O)OC2CC(C)CCC2C(C)C)c(=O)n(CCCCCCCCCCCCn2c(O)c(C)c(C#N)c(N=Nc3ccccc3C(=O)OC3CC(C)CCC3C(C)C)c2=O)c1O. The Morgan fingerprint density at radius 3 is 1.26 bits per heavy atom. The molecule has 2 heterocycles. The van der Waals surface area contributed by atoms with Gasteiger partial charge in [-0.05, 0) is 112 Å². The number of hydrogen-bond donors (Lipinski definition) is 2. The molecule has 406 valence electrons. The maximum Gasteiger partial charge on any atom is 0.340 e. The van der Waals surface area contributed by atoms with Crippen LogP contribution in [-0.2, 0) is 22.6 Å². The number of carbonyl (C=O) groups excluding carboxylic acids is 2. The molecule has 2 fully saturated rings. The monoisotopic (exact) mass is 1040 g/mol. The highest BCUT2D eigenvalue weighted by Gasteiger charge is 2.36. The van der Waals surface area contributed by atoms with Crippen LogP contribution in [0.3, 0.4) is 0 Å². The van der Waals surface area contributed by atoms with Gasteiger partial charge in [0.15, 0.2) is 23.1 Å². The zero-order chi connectivity index (χ0) is 55.1. The summed E-state index contributed by atoms with van der Waals surface area (Å²) in [5, 5.41) is 59.1. The standard InChI is InChI=1S/C60H78N8O8/c1-37(2)43-29-27-39(5)33-51(43)75-59(73)45-23-17-19-25-49(45)63-65-53-47(35-61)41(7)55(69)67(57(53)71)31-21-15-13-11-9-10-12-14-16-22-32-68-56(70)42(8)48(36-62)54(58(68)72)66-64-50-26-20-18-24-46(50)60(74)76-52-34-40(6)28-30-44(52)38(3)4/h17-20,23-26,37-40,43-44,51-52,69-70H,9-16,21-22,27-34H2,1-8H3. The van der Waals surface area contributed by atoms with E-state index >= 15 is 0 Å². The van der Waals surface area contributed by atoms with Gasteiger partial charge >= 0.3 is 11.9 Å². The number of carbonyl (C=O) groups is 2. The molecule has 0 spiro atoms. The molecule has 2 N–H and O–H groups in total. The molecule has 2 aromatic carbocycles. The van der Waals surface area contributed by atoms with Crippen molar-refractivity contribution in [1.82, 2.24) is 9.13 Å². The van der Waals surface area contributed by atoms with E-state index in [-0.39, 0.29) is 105 Å². The lowest BCUT2D eigenvalue weighted by atomic mass is 9.75. The van der Waals surface area contributed by atoms with Gasteiger partial charge in [0.25, 0.3) is 11.1 Å². The molecule has 2 aromatic heterocycles. The molecule has 6 unspecified atom stereocenters. The normalized spacial score (nSPS) is 19.8. The topological polar surface area (TPSA) is 234 Å². The number of hydrogen-bond acceptors (Lipinski definition) is 14. The van der Waals surface area contributed by atoms with Crippen LogP contribution in [0.15, 0.2) is 78.6 Å². The summed E-state index contributed by atoms with van der Waals surface area (Å²) >= 11 is 0. The van der Waals surface area contributed by atoms with Crippen LogP contribution in [0.4, 0.5) is 22.7 Å². The summed E-state index contributed by atoms with van der Waals surface area (Å²) in [7, 11) is 0. The van der Waals surface area contributed by atoms with Crippen LogP contribution in [0.5, 0.6) is 11.8 Å². The summed E-state index contributed by atoms with van der Waals surface area (Å²) in [4.78, 5) is 54.6. The highest BCUT2D eigenvalue weighted by molar-refractivity contribution is 5.95. The van der Waals surface area contributed by atoms with E-state index < -0.39 is 23.1 Å². The number of benzene rings is 2. The van der Waals surface area contributed by atoms with Gasteiger partial charge in [0.2, 0.25) is 0 Å². The van der Waals surface area contributed by atoms with Crippen LogP contribution in [-0.4, -0.2) is 43.5 Å². The molecule has 0 radical (unpaired) electrons. The molecule has 76 heavy (non-hydrogen) atoms. The van der Waals surface area contributed by atoms with Crippen LogP contribution in [0, 0.1) is 72.0 Å². The minimum absolute atomic E-state index is 0.0782. The lowest BCUT2D eigenvalue weighted by molar-refractivity contribution is -0.0181. The summed E-state index contributed by atoms with van der Waals surface area (Å²) in [5.41, 5.74) is -0.529. The number of ether oxygens (including phenoxy) is 2. The minimum atomic E-state index is -0.638. The number of aromatic nitrogens is 2. The highest BCUT2D eigenvalue weighted by Crippen LogP contribution is 2.39. The highest BCUT2D eigenvalue weighted by atomic mass is 16.5. The Balaban J connectivity index is 0.967. The van der Waals surface area contributed by atoms with Crippen molar-refractivity contribution >= 4 is 34.7 Å². The first-order valence-corrected chi connectivity index (χ1v) is 27.6. The van der Waals surface area contributed by atoms with E-state index in [0.29, 0.717) is 36.5 Å². The zero-order valence-corrected chi connectivity index (χ0v) is 45.9.